The van der Waals surface area contributed by atoms with E-state index in [0.29, 0.717) is 18.0 Å². The zero-order chi connectivity index (χ0) is 14.6. The highest BCUT2D eigenvalue weighted by Gasteiger charge is 2.17. The lowest BCUT2D eigenvalue weighted by atomic mass is 10.2. The number of sulfonamides is 1. The van der Waals surface area contributed by atoms with Gasteiger partial charge in [-0.3, -0.25) is 4.90 Å². The lowest BCUT2D eigenvalue weighted by molar-refractivity contribution is 0.0390. The van der Waals surface area contributed by atoms with Gasteiger partial charge in [0.25, 0.3) is 0 Å². The first kappa shape index (κ1) is 15.4. The van der Waals surface area contributed by atoms with Crippen LogP contribution in [0.4, 0.5) is 0 Å². The predicted octanol–water partition coefficient (Wildman–Crippen LogP) is 0.914. The third-order valence-corrected chi connectivity index (χ3v) is 5.07. The highest BCUT2D eigenvalue weighted by molar-refractivity contribution is 7.89. The summed E-state index contributed by atoms with van der Waals surface area (Å²) in [7, 11) is -3.42. The summed E-state index contributed by atoms with van der Waals surface area (Å²) in [5.74, 6) is 0. The lowest BCUT2D eigenvalue weighted by Gasteiger charge is -2.26. The molecule has 1 aliphatic heterocycles. The molecule has 112 valence electrons. The Kier molecular flexibility index (Phi) is 5.15. The maximum atomic E-state index is 12.3. The molecule has 1 N–H and O–H groups in total. The Labute approximate surface area is 121 Å². The SMILES string of the molecule is Cc1ccc(S(=O)(=O)NCCN2CCOCC2)c(C)c1. The smallest absolute Gasteiger partial charge is 0.240 e. The van der Waals surface area contributed by atoms with E-state index in [1.165, 1.54) is 0 Å². The molecule has 1 aliphatic rings. The summed E-state index contributed by atoms with van der Waals surface area (Å²) >= 11 is 0. The zero-order valence-corrected chi connectivity index (χ0v) is 12.9. The van der Waals surface area contributed by atoms with Gasteiger partial charge >= 0.3 is 0 Å². The monoisotopic (exact) mass is 298 g/mol. The van der Waals surface area contributed by atoms with Crippen LogP contribution in [-0.4, -0.2) is 52.7 Å². The Bertz CT molecular complexity index is 552. The molecule has 6 heteroatoms. The van der Waals surface area contributed by atoms with Gasteiger partial charge in [-0.05, 0) is 25.5 Å². The first-order valence-electron chi connectivity index (χ1n) is 6.86. The predicted molar refractivity (Wildman–Crippen MR) is 78.4 cm³/mol. The third kappa shape index (κ3) is 4.02. The number of morpholine rings is 1. The van der Waals surface area contributed by atoms with Crippen LogP contribution < -0.4 is 4.72 Å². The van der Waals surface area contributed by atoms with Crippen molar-refractivity contribution in [2.24, 2.45) is 0 Å². The minimum Gasteiger partial charge on any atom is -0.379 e. The van der Waals surface area contributed by atoms with E-state index >= 15 is 0 Å². The molecule has 0 unspecified atom stereocenters. The molecule has 5 nitrogen and oxygen atoms in total. The number of benzene rings is 1. The van der Waals surface area contributed by atoms with Crippen LogP contribution >= 0.6 is 0 Å². The molecule has 0 saturated carbocycles. The molecule has 1 saturated heterocycles. The van der Waals surface area contributed by atoms with Gasteiger partial charge in [0.1, 0.15) is 0 Å². The second-order valence-electron chi connectivity index (χ2n) is 5.12. The Morgan fingerprint density at radius 3 is 2.60 bits per heavy atom. The van der Waals surface area contributed by atoms with Crippen molar-refractivity contribution in [1.29, 1.82) is 0 Å². The molecule has 2 rings (SSSR count). The fourth-order valence-corrected chi connectivity index (χ4v) is 3.59. The van der Waals surface area contributed by atoms with Gasteiger partial charge in [0.15, 0.2) is 0 Å². The number of hydrogen-bond acceptors (Lipinski definition) is 4. The summed E-state index contributed by atoms with van der Waals surface area (Å²) in [6.45, 7) is 8.10. The van der Waals surface area contributed by atoms with E-state index in [4.69, 9.17) is 4.74 Å². The summed E-state index contributed by atoms with van der Waals surface area (Å²) in [6, 6.07) is 5.38. The summed E-state index contributed by atoms with van der Waals surface area (Å²) in [5, 5.41) is 0. The number of hydrogen-bond donors (Lipinski definition) is 1. The van der Waals surface area contributed by atoms with Gasteiger partial charge < -0.3 is 4.74 Å². The van der Waals surface area contributed by atoms with Crippen LogP contribution in [0, 0.1) is 13.8 Å². The molecule has 20 heavy (non-hydrogen) atoms. The molecule has 1 fully saturated rings. The third-order valence-electron chi connectivity index (χ3n) is 3.44. The topological polar surface area (TPSA) is 58.6 Å². The first-order chi connectivity index (χ1) is 9.49. The van der Waals surface area contributed by atoms with Gasteiger partial charge in [-0.1, -0.05) is 17.7 Å². The van der Waals surface area contributed by atoms with E-state index < -0.39 is 10.0 Å². The van der Waals surface area contributed by atoms with Crippen molar-refractivity contribution in [3.05, 3.63) is 29.3 Å². The van der Waals surface area contributed by atoms with Crippen molar-refractivity contribution >= 4 is 10.0 Å². The van der Waals surface area contributed by atoms with Gasteiger partial charge in [0, 0.05) is 26.2 Å². The van der Waals surface area contributed by atoms with Crippen molar-refractivity contribution in [2.75, 3.05) is 39.4 Å². The number of ether oxygens (including phenoxy) is 1. The van der Waals surface area contributed by atoms with Gasteiger partial charge in [-0.2, -0.15) is 0 Å². The van der Waals surface area contributed by atoms with Crippen LogP contribution in [0.15, 0.2) is 23.1 Å². The van der Waals surface area contributed by atoms with Crippen LogP contribution in [-0.2, 0) is 14.8 Å². The maximum absolute atomic E-state index is 12.3. The van der Waals surface area contributed by atoms with E-state index in [2.05, 4.69) is 9.62 Å². The number of nitrogens with zero attached hydrogens (tertiary/aromatic N) is 1. The largest absolute Gasteiger partial charge is 0.379 e. The average Bonchev–Trinajstić information content (AvgIpc) is 2.39. The lowest BCUT2D eigenvalue weighted by Crippen LogP contribution is -2.41. The molecule has 0 bridgehead atoms. The molecular formula is C14H22N2O3S. The summed E-state index contributed by atoms with van der Waals surface area (Å²) in [4.78, 5) is 2.57. The van der Waals surface area contributed by atoms with Crippen LogP contribution in [0.1, 0.15) is 11.1 Å². The van der Waals surface area contributed by atoms with Gasteiger partial charge in [0.2, 0.25) is 10.0 Å². The summed E-state index contributed by atoms with van der Waals surface area (Å²) in [6.07, 6.45) is 0. The standard InChI is InChI=1S/C14H22N2O3S/c1-12-3-4-14(13(2)11-12)20(17,18)15-5-6-16-7-9-19-10-8-16/h3-4,11,15H,5-10H2,1-2H3. The molecule has 0 aliphatic carbocycles. The Hall–Kier alpha value is -0.950. The highest BCUT2D eigenvalue weighted by atomic mass is 32.2. The molecular weight excluding hydrogens is 276 g/mol. The van der Waals surface area contributed by atoms with Crippen LogP contribution in [0.25, 0.3) is 0 Å². The van der Waals surface area contributed by atoms with Crippen molar-refractivity contribution in [2.45, 2.75) is 18.7 Å². The van der Waals surface area contributed by atoms with E-state index in [9.17, 15) is 8.42 Å². The first-order valence-corrected chi connectivity index (χ1v) is 8.34. The van der Waals surface area contributed by atoms with E-state index in [0.717, 1.165) is 37.4 Å². The van der Waals surface area contributed by atoms with Crippen molar-refractivity contribution in [3.63, 3.8) is 0 Å². The van der Waals surface area contributed by atoms with Gasteiger partial charge in [-0.25, -0.2) is 13.1 Å². The minimum absolute atomic E-state index is 0.366. The van der Waals surface area contributed by atoms with Crippen LogP contribution in [0.2, 0.25) is 0 Å². The normalized spacial score (nSPS) is 17.3. The maximum Gasteiger partial charge on any atom is 0.240 e. The summed E-state index contributed by atoms with van der Waals surface area (Å²) < 4.78 is 32.4. The van der Waals surface area contributed by atoms with E-state index in [1.807, 2.05) is 26.0 Å². The fourth-order valence-electron chi connectivity index (χ4n) is 2.34. The Morgan fingerprint density at radius 2 is 1.95 bits per heavy atom. The molecule has 0 aromatic heterocycles. The molecule has 1 heterocycles. The molecule has 1 aromatic rings. The molecule has 0 radical (unpaired) electrons. The van der Waals surface area contributed by atoms with Crippen molar-refractivity contribution in [3.8, 4) is 0 Å². The number of aryl methyl sites for hydroxylation is 2. The number of nitrogens with one attached hydrogen (secondary N) is 1. The van der Waals surface area contributed by atoms with E-state index in [1.54, 1.807) is 6.07 Å². The zero-order valence-electron chi connectivity index (χ0n) is 12.1. The molecule has 0 atom stereocenters. The minimum atomic E-state index is -3.42. The molecule has 0 spiro atoms. The average molecular weight is 298 g/mol. The second kappa shape index (κ2) is 6.67. The summed E-state index contributed by atoms with van der Waals surface area (Å²) in [5.41, 5.74) is 1.85. The van der Waals surface area contributed by atoms with E-state index in [-0.39, 0.29) is 0 Å². The highest BCUT2D eigenvalue weighted by Crippen LogP contribution is 2.15. The van der Waals surface area contributed by atoms with Crippen LogP contribution in [0.3, 0.4) is 0 Å². The fraction of sp³-hybridized carbons (Fsp3) is 0.571. The second-order valence-corrected chi connectivity index (χ2v) is 6.86. The van der Waals surface area contributed by atoms with Crippen LogP contribution in [0.5, 0.6) is 0 Å². The van der Waals surface area contributed by atoms with Crippen molar-refractivity contribution < 1.29 is 13.2 Å². The quantitative estimate of drug-likeness (QED) is 0.878. The Balaban J connectivity index is 1.93. The van der Waals surface area contributed by atoms with Gasteiger partial charge in [0.05, 0.1) is 18.1 Å². The number of rotatable bonds is 5. The molecule has 1 aromatic carbocycles. The van der Waals surface area contributed by atoms with Gasteiger partial charge in [-0.15, -0.1) is 0 Å². The molecule has 0 amide bonds. The Morgan fingerprint density at radius 1 is 1.25 bits per heavy atom. The van der Waals surface area contributed by atoms with Crippen molar-refractivity contribution in [1.82, 2.24) is 9.62 Å².